The van der Waals surface area contributed by atoms with Crippen LogP contribution < -0.4 is 11.5 Å². The van der Waals surface area contributed by atoms with Crippen LogP contribution >= 0.6 is 0 Å². The monoisotopic (exact) mass is 476 g/mol. The van der Waals surface area contributed by atoms with Gasteiger partial charge in [-0.25, -0.2) is 0 Å². The predicted molar refractivity (Wildman–Crippen MR) is 155 cm³/mol. The fourth-order valence-electron chi connectivity index (χ4n) is 4.96. The number of hydrogen-bond acceptors (Lipinski definition) is 2. The molecule has 0 unspecified atom stereocenters. The molecule has 0 fully saturated rings. The first kappa shape index (κ1) is 25.6. The van der Waals surface area contributed by atoms with Crippen molar-refractivity contribution in [3.8, 4) is 0 Å². The Hall–Kier alpha value is -3.52. The second kappa shape index (κ2) is 13.0. The largest absolute Gasteiger partial charge is 0.399 e. The number of benzene rings is 4. The maximum atomic E-state index is 5.84. The van der Waals surface area contributed by atoms with Gasteiger partial charge < -0.3 is 11.5 Å². The van der Waals surface area contributed by atoms with E-state index in [1.807, 2.05) is 24.3 Å². The van der Waals surface area contributed by atoms with Crippen molar-refractivity contribution >= 4 is 11.4 Å². The molecule has 0 aliphatic rings. The molecule has 36 heavy (non-hydrogen) atoms. The van der Waals surface area contributed by atoms with E-state index in [2.05, 4.69) is 79.7 Å². The number of anilines is 2. The van der Waals surface area contributed by atoms with E-state index < -0.39 is 0 Å². The van der Waals surface area contributed by atoms with Crippen molar-refractivity contribution in [2.75, 3.05) is 11.5 Å². The summed E-state index contributed by atoms with van der Waals surface area (Å²) in [4.78, 5) is 0. The number of nitrogen functional groups attached to an aromatic ring is 2. The van der Waals surface area contributed by atoms with E-state index >= 15 is 0 Å². The second-order valence-corrected chi connectivity index (χ2v) is 10.1. The van der Waals surface area contributed by atoms with Crippen molar-refractivity contribution in [3.63, 3.8) is 0 Å². The molecule has 0 aliphatic heterocycles. The average molecular weight is 477 g/mol. The fourth-order valence-corrected chi connectivity index (χ4v) is 4.96. The van der Waals surface area contributed by atoms with E-state index in [9.17, 15) is 0 Å². The maximum Gasteiger partial charge on any atom is 0.0314 e. The van der Waals surface area contributed by atoms with Crippen molar-refractivity contribution in [2.24, 2.45) is 0 Å². The van der Waals surface area contributed by atoms with Crippen LogP contribution in [-0.2, 0) is 12.8 Å². The van der Waals surface area contributed by atoms with Crippen LogP contribution in [0.2, 0.25) is 0 Å². The number of hydrogen-bond donors (Lipinski definition) is 2. The number of unbranched alkanes of at least 4 members (excludes halogenated alkanes) is 4. The summed E-state index contributed by atoms with van der Waals surface area (Å²) in [6.07, 6.45) is 9.60. The van der Waals surface area contributed by atoms with E-state index in [1.165, 1.54) is 71.9 Å². The molecule has 0 aromatic heterocycles. The van der Waals surface area contributed by atoms with Crippen LogP contribution in [0, 0.1) is 0 Å². The normalized spacial score (nSPS) is 11.2. The van der Waals surface area contributed by atoms with Gasteiger partial charge in [-0.1, -0.05) is 112 Å². The van der Waals surface area contributed by atoms with Crippen molar-refractivity contribution in [1.82, 2.24) is 0 Å². The zero-order chi connectivity index (χ0) is 25.2. The Morgan fingerprint density at radius 3 is 1.22 bits per heavy atom. The standard InChI is InChI=1S/C34H40N2/c1-2-3-4-5-6-7-34(30-16-8-26(9-17-30)24-28-12-20-32(35)21-13-28)31-18-10-27(11-19-31)25-29-14-22-33(36)23-15-29/h8-23,34H,2-7,24-25,35-36H2,1H3. The SMILES string of the molecule is CCCCCCCC(c1ccc(Cc2ccc(N)cc2)cc1)c1ccc(Cc2ccc(N)cc2)cc1. The van der Waals surface area contributed by atoms with Crippen molar-refractivity contribution in [3.05, 3.63) is 130 Å². The Morgan fingerprint density at radius 2 is 0.833 bits per heavy atom. The predicted octanol–water partition coefficient (Wildman–Crippen LogP) is 8.53. The molecule has 0 atom stereocenters. The molecule has 0 amide bonds. The molecule has 2 nitrogen and oxygen atoms in total. The summed E-state index contributed by atoms with van der Waals surface area (Å²) < 4.78 is 0. The quantitative estimate of drug-likeness (QED) is 0.159. The van der Waals surface area contributed by atoms with Gasteiger partial charge in [0.1, 0.15) is 0 Å². The molecule has 0 saturated heterocycles. The van der Waals surface area contributed by atoms with Crippen LogP contribution in [0.5, 0.6) is 0 Å². The van der Waals surface area contributed by atoms with E-state index in [0.717, 1.165) is 24.2 Å². The lowest BCUT2D eigenvalue weighted by Crippen LogP contribution is -2.03. The highest BCUT2D eigenvalue weighted by Gasteiger charge is 2.14. The summed E-state index contributed by atoms with van der Waals surface area (Å²) in [7, 11) is 0. The van der Waals surface area contributed by atoms with Gasteiger partial charge in [0.15, 0.2) is 0 Å². The fraction of sp³-hybridized carbons (Fsp3) is 0.294. The summed E-state index contributed by atoms with van der Waals surface area (Å²) in [5.41, 5.74) is 21.4. The van der Waals surface area contributed by atoms with Gasteiger partial charge in [0.05, 0.1) is 0 Å². The van der Waals surface area contributed by atoms with Gasteiger partial charge >= 0.3 is 0 Å². The Morgan fingerprint density at radius 1 is 0.472 bits per heavy atom. The molecule has 0 radical (unpaired) electrons. The minimum absolute atomic E-state index is 0.433. The van der Waals surface area contributed by atoms with E-state index in [-0.39, 0.29) is 0 Å². The van der Waals surface area contributed by atoms with E-state index in [0.29, 0.717) is 5.92 Å². The number of nitrogens with two attached hydrogens (primary N) is 2. The Balaban J connectivity index is 1.47. The van der Waals surface area contributed by atoms with Crippen LogP contribution in [-0.4, -0.2) is 0 Å². The minimum atomic E-state index is 0.433. The highest BCUT2D eigenvalue weighted by atomic mass is 14.5. The van der Waals surface area contributed by atoms with Crippen LogP contribution in [0.25, 0.3) is 0 Å². The van der Waals surface area contributed by atoms with E-state index in [1.54, 1.807) is 0 Å². The molecule has 4 N–H and O–H groups in total. The van der Waals surface area contributed by atoms with Gasteiger partial charge in [-0.15, -0.1) is 0 Å². The Labute approximate surface area is 217 Å². The van der Waals surface area contributed by atoms with Gasteiger partial charge in [0.2, 0.25) is 0 Å². The molecule has 4 rings (SSSR count). The van der Waals surface area contributed by atoms with Gasteiger partial charge in [-0.05, 0) is 76.9 Å². The van der Waals surface area contributed by atoms with Crippen molar-refractivity contribution < 1.29 is 0 Å². The molecule has 0 heterocycles. The Kier molecular flexibility index (Phi) is 9.21. The minimum Gasteiger partial charge on any atom is -0.399 e. The smallest absolute Gasteiger partial charge is 0.0314 e. The third-order valence-corrected chi connectivity index (χ3v) is 7.14. The summed E-state index contributed by atoms with van der Waals surface area (Å²) in [6.45, 7) is 2.28. The summed E-state index contributed by atoms with van der Waals surface area (Å²) in [5, 5.41) is 0. The van der Waals surface area contributed by atoms with Gasteiger partial charge in [0, 0.05) is 17.3 Å². The first-order valence-corrected chi connectivity index (χ1v) is 13.5. The third kappa shape index (κ3) is 7.49. The summed E-state index contributed by atoms with van der Waals surface area (Å²) in [5.74, 6) is 0.433. The summed E-state index contributed by atoms with van der Waals surface area (Å²) >= 11 is 0. The molecule has 4 aromatic carbocycles. The first-order valence-electron chi connectivity index (χ1n) is 13.5. The van der Waals surface area contributed by atoms with Gasteiger partial charge in [-0.3, -0.25) is 0 Å². The molecular weight excluding hydrogens is 436 g/mol. The molecule has 186 valence electrons. The van der Waals surface area contributed by atoms with Crippen LogP contribution in [0.3, 0.4) is 0 Å². The van der Waals surface area contributed by atoms with Crippen LogP contribution in [0.15, 0.2) is 97.1 Å². The lowest BCUT2D eigenvalue weighted by atomic mass is 9.85. The van der Waals surface area contributed by atoms with Gasteiger partial charge in [-0.2, -0.15) is 0 Å². The zero-order valence-corrected chi connectivity index (χ0v) is 21.6. The molecule has 0 aliphatic carbocycles. The first-order chi connectivity index (χ1) is 17.6. The van der Waals surface area contributed by atoms with Crippen molar-refractivity contribution in [1.29, 1.82) is 0 Å². The lowest BCUT2D eigenvalue weighted by Gasteiger charge is -2.19. The third-order valence-electron chi connectivity index (χ3n) is 7.14. The Bertz CT molecular complexity index is 1080. The van der Waals surface area contributed by atoms with Crippen LogP contribution in [0.4, 0.5) is 11.4 Å². The highest BCUT2D eigenvalue weighted by molar-refractivity contribution is 5.43. The van der Waals surface area contributed by atoms with E-state index in [4.69, 9.17) is 11.5 Å². The topological polar surface area (TPSA) is 52.0 Å². The molecule has 0 bridgehead atoms. The zero-order valence-electron chi connectivity index (χ0n) is 21.6. The maximum absolute atomic E-state index is 5.84. The molecule has 0 spiro atoms. The highest BCUT2D eigenvalue weighted by Crippen LogP contribution is 2.31. The van der Waals surface area contributed by atoms with Gasteiger partial charge in [0.25, 0.3) is 0 Å². The van der Waals surface area contributed by atoms with Crippen molar-refractivity contribution in [2.45, 2.75) is 64.2 Å². The molecule has 0 saturated carbocycles. The summed E-state index contributed by atoms with van der Waals surface area (Å²) in [6, 6.07) is 34.9. The van der Waals surface area contributed by atoms with Crippen LogP contribution in [0.1, 0.15) is 84.7 Å². The second-order valence-electron chi connectivity index (χ2n) is 10.1. The lowest BCUT2D eigenvalue weighted by molar-refractivity contribution is 0.580. The molecule has 4 aromatic rings. The molecular formula is C34H40N2. The average Bonchev–Trinajstić information content (AvgIpc) is 2.90. The number of rotatable bonds is 12. The molecule has 2 heteroatoms.